The lowest BCUT2D eigenvalue weighted by Crippen LogP contribution is -2.48. The van der Waals surface area contributed by atoms with Crippen molar-refractivity contribution in [1.82, 2.24) is 5.32 Å². The molecule has 1 aliphatic heterocycles. The van der Waals surface area contributed by atoms with Crippen LogP contribution >= 0.6 is 0 Å². The van der Waals surface area contributed by atoms with Crippen LogP contribution in [0.15, 0.2) is 0 Å². The Labute approximate surface area is 139 Å². The summed E-state index contributed by atoms with van der Waals surface area (Å²) in [5, 5.41) is 3.45. The summed E-state index contributed by atoms with van der Waals surface area (Å²) in [6.45, 7) is 16.5. The zero-order valence-electron chi connectivity index (χ0n) is 16.0. The molecule has 2 nitrogen and oxygen atoms in total. The summed E-state index contributed by atoms with van der Waals surface area (Å²) in [5.41, 5.74) is 8.03. The smallest absolute Gasteiger partial charge is 0.0159 e. The molecule has 3 rings (SSSR count). The Morgan fingerprint density at radius 1 is 0.955 bits per heavy atom. The van der Waals surface area contributed by atoms with E-state index in [-0.39, 0.29) is 5.54 Å². The molecular formula is C20H40N2. The Hall–Kier alpha value is -0.0800. The highest BCUT2D eigenvalue weighted by atomic mass is 14.9. The molecule has 0 aromatic rings. The first-order valence-electron chi connectivity index (χ1n) is 9.46. The number of piperidine rings is 1. The lowest BCUT2D eigenvalue weighted by Gasteiger charge is -2.42. The van der Waals surface area contributed by atoms with E-state index in [9.17, 15) is 0 Å². The van der Waals surface area contributed by atoms with E-state index in [0.29, 0.717) is 10.8 Å². The van der Waals surface area contributed by atoms with Crippen LogP contribution in [0.25, 0.3) is 0 Å². The summed E-state index contributed by atoms with van der Waals surface area (Å²) in [5.74, 6) is 1.01. The van der Waals surface area contributed by atoms with Crippen molar-refractivity contribution in [2.75, 3.05) is 13.1 Å². The van der Waals surface area contributed by atoms with Gasteiger partial charge in [0.2, 0.25) is 0 Å². The van der Waals surface area contributed by atoms with Crippen LogP contribution in [0, 0.1) is 22.2 Å². The molecule has 0 bridgehead atoms. The van der Waals surface area contributed by atoms with Crippen LogP contribution in [0.1, 0.15) is 86.5 Å². The second kappa shape index (κ2) is 6.09. The van der Waals surface area contributed by atoms with Crippen LogP contribution in [-0.4, -0.2) is 18.6 Å². The number of hydrogen-bond donors (Lipinski definition) is 2. The Morgan fingerprint density at radius 2 is 1.50 bits per heavy atom. The molecule has 1 atom stereocenters. The van der Waals surface area contributed by atoms with Crippen LogP contribution in [0.5, 0.6) is 0 Å². The van der Waals surface area contributed by atoms with Gasteiger partial charge in [-0.3, -0.25) is 0 Å². The molecule has 2 aliphatic carbocycles. The lowest BCUT2D eigenvalue weighted by atomic mass is 9.69. The third-order valence-corrected chi connectivity index (χ3v) is 6.07. The summed E-state index contributed by atoms with van der Waals surface area (Å²) in [6, 6.07) is 0. The predicted molar refractivity (Wildman–Crippen MR) is 96.9 cm³/mol. The minimum Gasteiger partial charge on any atom is -0.325 e. The molecular weight excluding hydrogens is 268 g/mol. The normalized spacial score (nSPS) is 29.3. The molecule has 3 fully saturated rings. The van der Waals surface area contributed by atoms with Gasteiger partial charge in [0, 0.05) is 5.54 Å². The number of nitrogens with two attached hydrogens (primary N) is 1. The Balaban J connectivity index is 0.000000164. The molecule has 2 saturated carbocycles. The van der Waals surface area contributed by atoms with E-state index in [2.05, 4.69) is 46.9 Å². The van der Waals surface area contributed by atoms with Gasteiger partial charge in [-0.15, -0.1) is 0 Å². The highest BCUT2D eigenvalue weighted by molar-refractivity contribution is 5.08. The van der Waals surface area contributed by atoms with E-state index in [4.69, 9.17) is 5.73 Å². The molecule has 0 amide bonds. The van der Waals surface area contributed by atoms with Crippen molar-refractivity contribution in [2.45, 2.75) is 92.0 Å². The van der Waals surface area contributed by atoms with Gasteiger partial charge in [-0.25, -0.2) is 0 Å². The van der Waals surface area contributed by atoms with Crippen LogP contribution in [0.4, 0.5) is 0 Å². The Morgan fingerprint density at radius 3 is 1.77 bits per heavy atom. The first-order valence-corrected chi connectivity index (χ1v) is 9.46. The van der Waals surface area contributed by atoms with Gasteiger partial charge in [-0.1, -0.05) is 41.5 Å². The standard InChI is InChI=1S/C11H21N.C9H19N/c1-10(2,3)9-8-11(9)4-6-12-7-5-11;1-8(2,3)7-9(10)5-4-6-9/h9,12H,4-8H2,1-3H3;4-7,10H2,1-3H3. The van der Waals surface area contributed by atoms with Crippen molar-refractivity contribution in [3.05, 3.63) is 0 Å². The second-order valence-corrected chi connectivity index (χ2v) is 10.7. The van der Waals surface area contributed by atoms with E-state index in [0.717, 1.165) is 11.3 Å². The van der Waals surface area contributed by atoms with E-state index in [1.54, 1.807) is 0 Å². The van der Waals surface area contributed by atoms with Gasteiger partial charge in [0.05, 0.1) is 0 Å². The largest absolute Gasteiger partial charge is 0.325 e. The zero-order chi connectivity index (χ0) is 16.6. The van der Waals surface area contributed by atoms with Gasteiger partial charge in [-0.05, 0) is 80.2 Å². The molecule has 2 heteroatoms. The molecule has 1 unspecified atom stereocenters. The Kier molecular flexibility index (Phi) is 5.06. The van der Waals surface area contributed by atoms with Crippen LogP contribution in [-0.2, 0) is 0 Å². The monoisotopic (exact) mass is 308 g/mol. The summed E-state index contributed by atoms with van der Waals surface area (Å²) in [4.78, 5) is 0. The molecule has 3 N–H and O–H groups in total. The first-order chi connectivity index (χ1) is 9.96. The number of hydrogen-bond acceptors (Lipinski definition) is 2. The average molecular weight is 309 g/mol. The fraction of sp³-hybridized carbons (Fsp3) is 1.00. The predicted octanol–water partition coefficient (Wildman–Crippen LogP) is 4.73. The fourth-order valence-electron chi connectivity index (χ4n) is 4.91. The minimum absolute atomic E-state index is 0.207. The molecule has 0 radical (unpaired) electrons. The van der Waals surface area contributed by atoms with E-state index in [1.807, 2.05) is 0 Å². The average Bonchev–Trinajstić information content (AvgIpc) is 3.01. The maximum absolute atomic E-state index is 6.09. The van der Waals surface area contributed by atoms with Gasteiger partial charge >= 0.3 is 0 Å². The maximum atomic E-state index is 6.09. The second-order valence-electron chi connectivity index (χ2n) is 10.7. The number of nitrogens with one attached hydrogen (secondary N) is 1. The van der Waals surface area contributed by atoms with Gasteiger partial charge in [0.15, 0.2) is 0 Å². The third kappa shape index (κ3) is 4.71. The van der Waals surface area contributed by atoms with Crippen molar-refractivity contribution in [1.29, 1.82) is 0 Å². The summed E-state index contributed by atoms with van der Waals surface area (Å²) in [7, 11) is 0. The number of rotatable bonds is 1. The molecule has 0 aromatic heterocycles. The molecule has 1 spiro atoms. The summed E-state index contributed by atoms with van der Waals surface area (Å²) in [6.07, 6.45) is 9.35. The van der Waals surface area contributed by atoms with E-state index >= 15 is 0 Å². The van der Waals surface area contributed by atoms with E-state index < -0.39 is 0 Å². The molecule has 3 aliphatic rings. The van der Waals surface area contributed by atoms with E-state index in [1.165, 1.54) is 58.0 Å². The van der Waals surface area contributed by atoms with Gasteiger partial charge < -0.3 is 11.1 Å². The van der Waals surface area contributed by atoms with Crippen molar-refractivity contribution < 1.29 is 0 Å². The van der Waals surface area contributed by atoms with Crippen molar-refractivity contribution in [3.63, 3.8) is 0 Å². The SMILES string of the molecule is CC(C)(C)C1CC12CCNCC2.CC(C)(C)CC1(N)CCC1. The van der Waals surface area contributed by atoms with Gasteiger partial charge in [0.1, 0.15) is 0 Å². The van der Waals surface area contributed by atoms with Crippen LogP contribution in [0.2, 0.25) is 0 Å². The molecule has 130 valence electrons. The minimum atomic E-state index is 0.207. The van der Waals surface area contributed by atoms with Crippen molar-refractivity contribution in [2.24, 2.45) is 27.9 Å². The summed E-state index contributed by atoms with van der Waals surface area (Å²) < 4.78 is 0. The zero-order valence-corrected chi connectivity index (χ0v) is 16.0. The van der Waals surface area contributed by atoms with Crippen LogP contribution < -0.4 is 11.1 Å². The molecule has 0 aromatic carbocycles. The highest BCUT2D eigenvalue weighted by Gasteiger charge is 2.58. The third-order valence-electron chi connectivity index (χ3n) is 6.07. The van der Waals surface area contributed by atoms with Crippen molar-refractivity contribution in [3.8, 4) is 0 Å². The first kappa shape index (κ1) is 18.3. The topological polar surface area (TPSA) is 38.0 Å². The Bertz CT molecular complexity index is 362. The summed E-state index contributed by atoms with van der Waals surface area (Å²) >= 11 is 0. The van der Waals surface area contributed by atoms with Crippen molar-refractivity contribution >= 4 is 0 Å². The molecule has 22 heavy (non-hydrogen) atoms. The van der Waals surface area contributed by atoms with Gasteiger partial charge in [0.25, 0.3) is 0 Å². The van der Waals surface area contributed by atoms with Crippen LogP contribution in [0.3, 0.4) is 0 Å². The maximum Gasteiger partial charge on any atom is 0.0159 e. The fourth-order valence-corrected chi connectivity index (χ4v) is 4.91. The lowest BCUT2D eigenvalue weighted by molar-refractivity contribution is 0.163. The molecule has 1 saturated heterocycles. The quantitative estimate of drug-likeness (QED) is 0.735. The van der Waals surface area contributed by atoms with Gasteiger partial charge in [-0.2, -0.15) is 0 Å². The highest BCUT2D eigenvalue weighted by Crippen LogP contribution is 2.65. The molecule has 1 heterocycles.